The van der Waals surface area contributed by atoms with E-state index < -0.39 is 9.84 Å². The summed E-state index contributed by atoms with van der Waals surface area (Å²) in [7, 11) is -2.93. The third-order valence-corrected chi connectivity index (χ3v) is 5.37. The number of benzene rings is 1. The fourth-order valence-corrected chi connectivity index (χ4v) is 4.07. The molecule has 1 aliphatic heterocycles. The van der Waals surface area contributed by atoms with E-state index >= 15 is 0 Å². The number of amides is 1. The second-order valence-corrected chi connectivity index (χ2v) is 7.29. The van der Waals surface area contributed by atoms with E-state index in [1.807, 2.05) is 19.1 Å². The fourth-order valence-electron chi connectivity index (χ4n) is 2.44. The Labute approximate surface area is 118 Å². The molecule has 3 N–H and O–H groups in total. The van der Waals surface area contributed by atoms with Crippen molar-refractivity contribution in [2.75, 3.05) is 18.1 Å². The Morgan fingerprint density at radius 3 is 2.80 bits per heavy atom. The molecule has 1 aliphatic rings. The van der Waals surface area contributed by atoms with Crippen LogP contribution in [0.15, 0.2) is 24.3 Å². The Morgan fingerprint density at radius 2 is 2.15 bits per heavy atom. The molecule has 0 saturated carbocycles. The van der Waals surface area contributed by atoms with Gasteiger partial charge in [-0.25, -0.2) is 14.3 Å². The minimum absolute atomic E-state index is 0.0530. The van der Waals surface area contributed by atoms with Crippen LogP contribution in [0.4, 0.5) is 0 Å². The number of hydrogen-bond acceptors (Lipinski definition) is 5. The predicted octanol–water partition coefficient (Wildman–Crippen LogP) is -0.0910. The lowest BCUT2D eigenvalue weighted by Gasteiger charge is -2.33. The van der Waals surface area contributed by atoms with E-state index in [0.717, 1.165) is 5.56 Å². The van der Waals surface area contributed by atoms with Crippen LogP contribution in [-0.2, 0) is 16.4 Å². The van der Waals surface area contributed by atoms with Crippen molar-refractivity contribution in [3.8, 4) is 0 Å². The third kappa shape index (κ3) is 3.36. The van der Waals surface area contributed by atoms with Gasteiger partial charge in [-0.05, 0) is 18.6 Å². The highest BCUT2D eigenvalue weighted by atomic mass is 32.2. The standard InChI is InChI=1S/C13H19N3O3S/c1-10-9-20(18,19)7-6-16(10)8-11-4-2-3-5-12(11)13(17)15-14/h2-5,10H,6-9,14H2,1H3,(H,15,17). The number of rotatable bonds is 3. The molecule has 6 nitrogen and oxygen atoms in total. The van der Waals surface area contributed by atoms with Crippen molar-refractivity contribution in [3.63, 3.8) is 0 Å². The summed E-state index contributed by atoms with van der Waals surface area (Å²) in [5.41, 5.74) is 3.50. The minimum atomic E-state index is -2.93. The number of nitrogen functional groups attached to an aromatic ring is 1. The van der Waals surface area contributed by atoms with Crippen molar-refractivity contribution in [1.29, 1.82) is 0 Å². The van der Waals surface area contributed by atoms with Gasteiger partial charge >= 0.3 is 0 Å². The van der Waals surface area contributed by atoms with Gasteiger partial charge in [0.2, 0.25) is 0 Å². The monoisotopic (exact) mass is 297 g/mol. The normalized spacial score (nSPS) is 22.4. The highest BCUT2D eigenvalue weighted by Crippen LogP contribution is 2.17. The third-order valence-electron chi connectivity index (χ3n) is 3.57. The molecule has 1 fully saturated rings. The van der Waals surface area contributed by atoms with Crippen LogP contribution in [-0.4, -0.2) is 43.3 Å². The molecule has 0 spiro atoms. The molecule has 1 unspecified atom stereocenters. The zero-order valence-corrected chi connectivity index (χ0v) is 12.2. The topological polar surface area (TPSA) is 92.5 Å². The van der Waals surface area contributed by atoms with E-state index in [2.05, 4.69) is 10.3 Å². The first-order valence-corrected chi connectivity index (χ1v) is 8.28. The number of sulfone groups is 1. The molecule has 0 bridgehead atoms. The first-order chi connectivity index (χ1) is 9.43. The Bertz CT molecular complexity index is 601. The zero-order chi connectivity index (χ0) is 14.8. The van der Waals surface area contributed by atoms with E-state index in [-0.39, 0.29) is 23.5 Å². The maximum atomic E-state index is 11.7. The smallest absolute Gasteiger partial charge is 0.265 e. The van der Waals surface area contributed by atoms with Gasteiger partial charge in [-0.1, -0.05) is 18.2 Å². The van der Waals surface area contributed by atoms with E-state index in [0.29, 0.717) is 18.7 Å². The first-order valence-electron chi connectivity index (χ1n) is 6.46. The van der Waals surface area contributed by atoms with Gasteiger partial charge in [0.05, 0.1) is 11.5 Å². The van der Waals surface area contributed by atoms with E-state index in [1.54, 1.807) is 12.1 Å². The Morgan fingerprint density at radius 1 is 1.45 bits per heavy atom. The summed E-state index contributed by atoms with van der Waals surface area (Å²) in [5, 5.41) is 0. The molecule has 1 saturated heterocycles. The lowest BCUT2D eigenvalue weighted by molar-refractivity contribution is 0.0951. The zero-order valence-electron chi connectivity index (χ0n) is 11.4. The van der Waals surface area contributed by atoms with Gasteiger partial charge < -0.3 is 0 Å². The van der Waals surface area contributed by atoms with Crippen LogP contribution < -0.4 is 11.3 Å². The van der Waals surface area contributed by atoms with Crippen molar-refractivity contribution < 1.29 is 13.2 Å². The SMILES string of the molecule is CC1CS(=O)(=O)CCN1Cc1ccccc1C(=O)NN. The van der Waals surface area contributed by atoms with Gasteiger partial charge in [0.1, 0.15) is 0 Å². The average Bonchev–Trinajstić information content (AvgIpc) is 2.41. The Hall–Kier alpha value is -1.44. The summed E-state index contributed by atoms with van der Waals surface area (Å²) in [5.74, 6) is 5.18. The number of nitrogens with two attached hydrogens (primary N) is 1. The summed E-state index contributed by atoms with van der Waals surface area (Å²) in [6.45, 7) is 2.92. The molecule has 1 aromatic rings. The van der Waals surface area contributed by atoms with E-state index in [4.69, 9.17) is 5.84 Å². The number of nitrogens with one attached hydrogen (secondary N) is 1. The molecule has 20 heavy (non-hydrogen) atoms. The first kappa shape index (κ1) is 15.0. The van der Waals surface area contributed by atoms with Crippen LogP contribution in [0.2, 0.25) is 0 Å². The Balaban J connectivity index is 2.17. The molecule has 1 aromatic carbocycles. The van der Waals surface area contributed by atoms with Crippen LogP contribution in [0.1, 0.15) is 22.8 Å². The van der Waals surface area contributed by atoms with Gasteiger partial charge in [0.25, 0.3) is 5.91 Å². The number of hydrazine groups is 1. The molecule has 1 atom stereocenters. The quantitative estimate of drug-likeness (QED) is 0.462. The Kier molecular flexibility index (Phi) is 4.42. The van der Waals surface area contributed by atoms with Crippen molar-refractivity contribution in [2.24, 2.45) is 5.84 Å². The molecule has 0 aromatic heterocycles. The average molecular weight is 297 g/mol. The maximum Gasteiger partial charge on any atom is 0.265 e. The van der Waals surface area contributed by atoms with Crippen molar-refractivity contribution in [1.82, 2.24) is 10.3 Å². The van der Waals surface area contributed by atoms with Gasteiger partial charge in [0, 0.05) is 24.7 Å². The maximum absolute atomic E-state index is 11.7. The second kappa shape index (κ2) is 5.90. The van der Waals surface area contributed by atoms with Crippen molar-refractivity contribution >= 4 is 15.7 Å². The molecule has 1 amide bonds. The summed E-state index contributed by atoms with van der Waals surface area (Å²) in [6.07, 6.45) is 0. The summed E-state index contributed by atoms with van der Waals surface area (Å²) >= 11 is 0. The van der Waals surface area contributed by atoms with E-state index in [9.17, 15) is 13.2 Å². The van der Waals surface area contributed by atoms with Crippen LogP contribution in [0.3, 0.4) is 0 Å². The lowest BCUT2D eigenvalue weighted by atomic mass is 10.1. The van der Waals surface area contributed by atoms with Gasteiger partial charge in [-0.15, -0.1) is 0 Å². The molecule has 110 valence electrons. The lowest BCUT2D eigenvalue weighted by Crippen LogP contribution is -2.46. The minimum Gasteiger partial charge on any atom is -0.294 e. The molecular formula is C13H19N3O3S. The summed E-state index contributed by atoms with van der Waals surface area (Å²) in [6, 6.07) is 7.15. The molecule has 0 radical (unpaired) electrons. The molecule has 2 rings (SSSR count). The van der Waals surface area contributed by atoms with Gasteiger partial charge in [-0.2, -0.15) is 0 Å². The molecule has 1 heterocycles. The van der Waals surface area contributed by atoms with Crippen LogP contribution in [0.25, 0.3) is 0 Å². The fraction of sp³-hybridized carbons (Fsp3) is 0.462. The largest absolute Gasteiger partial charge is 0.294 e. The van der Waals surface area contributed by atoms with Crippen LogP contribution in [0, 0.1) is 0 Å². The van der Waals surface area contributed by atoms with E-state index in [1.165, 1.54) is 0 Å². The van der Waals surface area contributed by atoms with Crippen molar-refractivity contribution in [3.05, 3.63) is 35.4 Å². The summed E-state index contributed by atoms with van der Waals surface area (Å²) < 4.78 is 23.1. The second-order valence-electron chi connectivity index (χ2n) is 5.06. The van der Waals surface area contributed by atoms with Crippen molar-refractivity contribution in [2.45, 2.75) is 19.5 Å². The molecule has 0 aliphatic carbocycles. The highest BCUT2D eigenvalue weighted by Gasteiger charge is 2.28. The summed E-state index contributed by atoms with van der Waals surface area (Å²) in [4.78, 5) is 13.8. The van der Waals surface area contributed by atoms with Crippen LogP contribution in [0.5, 0.6) is 0 Å². The number of carbonyl (C=O) groups excluding carboxylic acids is 1. The van der Waals surface area contributed by atoms with Gasteiger partial charge in [0.15, 0.2) is 9.84 Å². The van der Waals surface area contributed by atoms with Gasteiger partial charge in [-0.3, -0.25) is 15.1 Å². The predicted molar refractivity (Wildman–Crippen MR) is 76.6 cm³/mol. The van der Waals surface area contributed by atoms with Crippen LogP contribution >= 0.6 is 0 Å². The highest BCUT2D eigenvalue weighted by molar-refractivity contribution is 7.91. The number of hydrogen-bond donors (Lipinski definition) is 2. The number of nitrogens with zero attached hydrogens (tertiary/aromatic N) is 1. The molecular weight excluding hydrogens is 278 g/mol. The molecule has 7 heteroatoms. The number of carbonyl (C=O) groups is 1.